The van der Waals surface area contributed by atoms with Gasteiger partial charge in [0.1, 0.15) is 5.82 Å². The number of pyridine rings is 3. The molecule has 168 valence electrons. The average Bonchev–Trinajstić information content (AvgIpc) is 2.84. The van der Waals surface area contributed by atoms with Gasteiger partial charge >= 0.3 is 0 Å². The van der Waals surface area contributed by atoms with E-state index >= 15 is 0 Å². The molecule has 0 spiro atoms. The fraction of sp³-hybridized carbons (Fsp3) is 0. The molecule has 0 unspecified atom stereocenters. The van der Waals surface area contributed by atoms with Gasteiger partial charge in [0, 0.05) is 45.7 Å². The summed E-state index contributed by atoms with van der Waals surface area (Å²) in [6, 6.07) is 17.9. The topological polar surface area (TPSA) is 98.8 Å². The number of nitrogens with zero attached hydrogens (tertiary/aromatic N) is 3. The van der Waals surface area contributed by atoms with Gasteiger partial charge in [-0.25, -0.2) is 27.9 Å². The number of sulfonamides is 1. The van der Waals surface area contributed by atoms with Gasteiger partial charge in [-0.3, -0.25) is 4.98 Å². The van der Waals surface area contributed by atoms with Gasteiger partial charge in [0.2, 0.25) is 10.0 Å². The zero-order chi connectivity index (χ0) is 23.9. The maximum absolute atomic E-state index is 14.6. The molecule has 0 radical (unpaired) electrons. The van der Waals surface area contributed by atoms with Crippen molar-refractivity contribution in [3.8, 4) is 33.5 Å². The summed E-state index contributed by atoms with van der Waals surface area (Å²) in [6.07, 6.45) is 4.92. The van der Waals surface area contributed by atoms with Gasteiger partial charge in [0.25, 0.3) is 0 Å². The predicted octanol–water partition coefficient (Wildman–Crippen LogP) is 5.47. The summed E-state index contributed by atoms with van der Waals surface area (Å²) in [5.41, 5.74) is 3.86. The van der Waals surface area contributed by atoms with Gasteiger partial charge < -0.3 is 0 Å². The quantitative estimate of drug-likeness (QED) is 0.360. The Morgan fingerprint density at radius 3 is 2.50 bits per heavy atom. The van der Waals surface area contributed by atoms with E-state index in [0.29, 0.717) is 27.5 Å². The van der Waals surface area contributed by atoms with Crippen molar-refractivity contribution in [1.82, 2.24) is 15.0 Å². The van der Waals surface area contributed by atoms with Crippen molar-refractivity contribution >= 4 is 32.7 Å². The van der Waals surface area contributed by atoms with Gasteiger partial charge in [-0.05, 0) is 65.7 Å². The van der Waals surface area contributed by atoms with E-state index in [-0.39, 0.29) is 10.5 Å². The number of primary sulfonamides is 1. The SMILES string of the molecule is NS(=O)(=O)c1cccc(-c2cncc(-c3cc(-c4cc(Cl)ccc4F)nc4ncccc34)c2)c1. The van der Waals surface area contributed by atoms with Crippen LogP contribution in [0.1, 0.15) is 0 Å². The summed E-state index contributed by atoms with van der Waals surface area (Å²) in [6.45, 7) is 0. The molecular weight excluding hydrogens is 475 g/mol. The molecule has 2 aromatic carbocycles. The van der Waals surface area contributed by atoms with Crippen LogP contribution >= 0.6 is 11.6 Å². The van der Waals surface area contributed by atoms with Crippen LogP contribution in [-0.2, 0) is 10.0 Å². The average molecular weight is 491 g/mol. The van der Waals surface area contributed by atoms with Crippen molar-refractivity contribution in [2.45, 2.75) is 4.90 Å². The molecule has 34 heavy (non-hydrogen) atoms. The lowest BCUT2D eigenvalue weighted by molar-refractivity contribution is 0.598. The van der Waals surface area contributed by atoms with Gasteiger partial charge in [-0.2, -0.15) is 0 Å². The number of hydrogen-bond donors (Lipinski definition) is 1. The number of aromatic nitrogens is 3. The molecule has 5 rings (SSSR count). The summed E-state index contributed by atoms with van der Waals surface area (Å²) in [4.78, 5) is 13.3. The summed E-state index contributed by atoms with van der Waals surface area (Å²) in [7, 11) is -3.85. The zero-order valence-electron chi connectivity index (χ0n) is 17.5. The fourth-order valence-corrected chi connectivity index (χ4v) is 4.46. The largest absolute Gasteiger partial charge is 0.263 e. The third kappa shape index (κ3) is 4.26. The minimum Gasteiger partial charge on any atom is -0.263 e. The standard InChI is InChI=1S/C25H16ClFN4O2S/c26-18-6-7-23(27)22(11-18)24-12-21(20-5-2-8-30-25(20)31-24)17-9-16(13-29-14-17)15-3-1-4-19(10-15)34(28,32)33/h1-14H,(H2,28,32,33). The third-order valence-electron chi connectivity index (χ3n) is 5.33. The van der Waals surface area contributed by atoms with Crippen molar-refractivity contribution in [2.75, 3.05) is 0 Å². The molecule has 0 aliphatic rings. The molecule has 2 N–H and O–H groups in total. The lowest BCUT2D eigenvalue weighted by atomic mass is 9.98. The number of nitrogens with two attached hydrogens (primary N) is 1. The second-order valence-electron chi connectivity index (χ2n) is 7.59. The van der Waals surface area contributed by atoms with Gasteiger partial charge in [-0.1, -0.05) is 23.7 Å². The van der Waals surface area contributed by atoms with Crippen LogP contribution < -0.4 is 5.14 Å². The van der Waals surface area contributed by atoms with E-state index in [0.717, 1.165) is 16.5 Å². The van der Waals surface area contributed by atoms with Crippen molar-refractivity contribution in [3.05, 3.63) is 96.2 Å². The molecule has 3 aromatic heterocycles. The molecule has 9 heteroatoms. The Morgan fingerprint density at radius 1 is 0.853 bits per heavy atom. The molecule has 0 aliphatic carbocycles. The molecule has 0 amide bonds. The number of halogens is 2. The molecule has 3 heterocycles. The van der Waals surface area contributed by atoms with Crippen LogP contribution in [-0.4, -0.2) is 23.4 Å². The Hall–Kier alpha value is -3.72. The van der Waals surface area contributed by atoms with E-state index < -0.39 is 15.8 Å². The van der Waals surface area contributed by atoms with E-state index in [1.165, 1.54) is 30.3 Å². The second-order valence-corrected chi connectivity index (χ2v) is 9.59. The predicted molar refractivity (Wildman–Crippen MR) is 130 cm³/mol. The lowest BCUT2D eigenvalue weighted by Crippen LogP contribution is -2.11. The Balaban J connectivity index is 1.71. The van der Waals surface area contributed by atoms with Gasteiger partial charge in [0.15, 0.2) is 5.65 Å². The first-order chi connectivity index (χ1) is 16.3. The first-order valence-electron chi connectivity index (χ1n) is 10.1. The molecule has 5 aromatic rings. The van der Waals surface area contributed by atoms with E-state index in [1.807, 2.05) is 12.1 Å². The van der Waals surface area contributed by atoms with Crippen LogP contribution in [0, 0.1) is 5.82 Å². The van der Waals surface area contributed by atoms with Crippen LogP contribution in [0.3, 0.4) is 0 Å². The number of hydrogen-bond acceptors (Lipinski definition) is 5. The summed E-state index contributed by atoms with van der Waals surface area (Å²) in [5.74, 6) is -0.454. The van der Waals surface area contributed by atoms with Gasteiger partial charge in [-0.15, -0.1) is 0 Å². The molecule has 0 fully saturated rings. The zero-order valence-corrected chi connectivity index (χ0v) is 19.1. The van der Waals surface area contributed by atoms with Crippen LogP contribution in [0.2, 0.25) is 5.02 Å². The summed E-state index contributed by atoms with van der Waals surface area (Å²) >= 11 is 6.10. The molecule has 0 aliphatic heterocycles. The van der Waals surface area contributed by atoms with E-state index in [1.54, 1.807) is 42.9 Å². The highest BCUT2D eigenvalue weighted by Gasteiger charge is 2.15. The highest BCUT2D eigenvalue weighted by atomic mass is 35.5. The van der Waals surface area contributed by atoms with Crippen LogP contribution in [0.25, 0.3) is 44.5 Å². The maximum atomic E-state index is 14.6. The van der Waals surface area contributed by atoms with Crippen molar-refractivity contribution < 1.29 is 12.8 Å². The molecular formula is C25H16ClFN4O2S. The molecule has 0 atom stereocenters. The van der Waals surface area contributed by atoms with E-state index in [9.17, 15) is 12.8 Å². The smallest absolute Gasteiger partial charge is 0.238 e. The number of benzene rings is 2. The van der Waals surface area contributed by atoms with E-state index in [2.05, 4.69) is 15.0 Å². The van der Waals surface area contributed by atoms with Crippen LogP contribution in [0.15, 0.2) is 90.2 Å². The minimum atomic E-state index is -3.85. The van der Waals surface area contributed by atoms with Crippen molar-refractivity contribution in [2.24, 2.45) is 5.14 Å². The highest BCUT2D eigenvalue weighted by Crippen LogP contribution is 2.34. The number of fused-ring (bicyclic) bond motifs is 1. The Bertz CT molecular complexity index is 1680. The second kappa shape index (κ2) is 8.57. The Kier molecular flexibility index (Phi) is 5.57. The lowest BCUT2D eigenvalue weighted by Gasteiger charge is -2.12. The molecule has 0 bridgehead atoms. The highest BCUT2D eigenvalue weighted by molar-refractivity contribution is 7.89. The van der Waals surface area contributed by atoms with Crippen molar-refractivity contribution in [1.29, 1.82) is 0 Å². The fourth-order valence-electron chi connectivity index (χ4n) is 3.73. The van der Waals surface area contributed by atoms with E-state index in [4.69, 9.17) is 16.7 Å². The maximum Gasteiger partial charge on any atom is 0.238 e. The van der Waals surface area contributed by atoms with Crippen molar-refractivity contribution in [3.63, 3.8) is 0 Å². The third-order valence-corrected chi connectivity index (χ3v) is 6.48. The monoisotopic (exact) mass is 490 g/mol. The minimum absolute atomic E-state index is 0.00711. The van der Waals surface area contributed by atoms with Crippen LogP contribution in [0.5, 0.6) is 0 Å². The molecule has 0 saturated carbocycles. The first kappa shape index (κ1) is 22.1. The normalized spacial score (nSPS) is 11.6. The molecule has 6 nitrogen and oxygen atoms in total. The van der Waals surface area contributed by atoms with Gasteiger partial charge in [0.05, 0.1) is 10.6 Å². The Morgan fingerprint density at radius 2 is 1.68 bits per heavy atom. The first-order valence-corrected chi connectivity index (χ1v) is 12.0. The molecule has 0 saturated heterocycles. The number of rotatable bonds is 4. The van der Waals surface area contributed by atoms with Crippen LogP contribution in [0.4, 0.5) is 4.39 Å². The Labute approximate surface area is 200 Å². The summed E-state index contributed by atoms with van der Waals surface area (Å²) < 4.78 is 38.2. The summed E-state index contributed by atoms with van der Waals surface area (Å²) in [5, 5.41) is 6.43.